The van der Waals surface area contributed by atoms with E-state index >= 15 is 0 Å². The highest BCUT2D eigenvalue weighted by atomic mass is 35.5. The number of carbonyl (C=O) groups is 1. The minimum absolute atomic E-state index is 0.300. The summed E-state index contributed by atoms with van der Waals surface area (Å²) in [5.74, 6) is -0.300. The molecule has 0 spiro atoms. The molecule has 0 aliphatic rings. The fourth-order valence-corrected chi connectivity index (χ4v) is 2.20. The SMILES string of the molecule is Cc1ccc(C(=O)Nc2c(Cl)ccc(C)c2Cl)cc1N. The van der Waals surface area contributed by atoms with E-state index in [0.717, 1.165) is 11.1 Å². The van der Waals surface area contributed by atoms with Crippen LogP contribution in [0.5, 0.6) is 0 Å². The Morgan fingerprint density at radius 3 is 2.40 bits per heavy atom. The largest absolute Gasteiger partial charge is 0.398 e. The molecule has 0 heterocycles. The van der Waals surface area contributed by atoms with Crippen LogP contribution in [0.15, 0.2) is 30.3 Å². The smallest absolute Gasteiger partial charge is 0.255 e. The minimum atomic E-state index is -0.300. The summed E-state index contributed by atoms with van der Waals surface area (Å²) >= 11 is 12.2. The van der Waals surface area contributed by atoms with Gasteiger partial charge in [-0.25, -0.2) is 0 Å². The highest BCUT2D eigenvalue weighted by Crippen LogP contribution is 2.33. The van der Waals surface area contributed by atoms with Crippen molar-refractivity contribution in [3.63, 3.8) is 0 Å². The van der Waals surface area contributed by atoms with Crippen molar-refractivity contribution in [2.45, 2.75) is 13.8 Å². The van der Waals surface area contributed by atoms with Crippen molar-refractivity contribution in [1.82, 2.24) is 0 Å². The molecule has 0 saturated carbocycles. The van der Waals surface area contributed by atoms with Gasteiger partial charge in [0.25, 0.3) is 5.91 Å². The van der Waals surface area contributed by atoms with Crippen LogP contribution in [0, 0.1) is 13.8 Å². The monoisotopic (exact) mass is 308 g/mol. The maximum absolute atomic E-state index is 12.2. The van der Waals surface area contributed by atoms with E-state index in [1.54, 1.807) is 30.3 Å². The van der Waals surface area contributed by atoms with E-state index in [-0.39, 0.29) is 5.91 Å². The first-order valence-corrected chi connectivity index (χ1v) is 6.78. The van der Waals surface area contributed by atoms with Crippen molar-refractivity contribution >= 4 is 40.5 Å². The van der Waals surface area contributed by atoms with Gasteiger partial charge in [0.05, 0.1) is 15.7 Å². The summed E-state index contributed by atoms with van der Waals surface area (Å²) in [5, 5.41) is 3.56. The molecule has 2 aromatic rings. The molecule has 104 valence electrons. The lowest BCUT2D eigenvalue weighted by Gasteiger charge is -2.11. The molecule has 0 unspecified atom stereocenters. The molecular weight excluding hydrogens is 295 g/mol. The van der Waals surface area contributed by atoms with Gasteiger partial charge in [0.2, 0.25) is 0 Å². The zero-order valence-corrected chi connectivity index (χ0v) is 12.6. The van der Waals surface area contributed by atoms with E-state index < -0.39 is 0 Å². The molecule has 2 aromatic carbocycles. The Morgan fingerprint density at radius 1 is 1.10 bits per heavy atom. The predicted octanol–water partition coefficient (Wildman–Crippen LogP) is 4.44. The Morgan fingerprint density at radius 2 is 1.75 bits per heavy atom. The standard InChI is InChI=1S/C15H14Cl2N2O/c1-8-3-5-10(7-12(8)18)15(20)19-14-11(16)6-4-9(2)13(14)17/h3-7H,18H2,1-2H3,(H,19,20). The van der Waals surface area contributed by atoms with Gasteiger partial charge >= 0.3 is 0 Å². The number of amides is 1. The Balaban J connectivity index is 2.32. The lowest BCUT2D eigenvalue weighted by Crippen LogP contribution is -2.13. The molecule has 0 atom stereocenters. The highest BCUT2D eigenvalue weighted by molar-refractivity contribution is 6.40. The van der Waals surface area contributed by atoms with E-state index in [9.17, 15) is 4.79 Å². The summed E-state index contributed by atoms with van der Waals surface area (Å²) in [6.07, 6.45) is 0. The lowest BCUT2D eigenvalue weighted by atomic mass is 10.1. The summed E-state index contributed by atoms with van der Waals surface area (Å²) in [4.78, 5) is 12.2. The molecule has 3 nitrogen and oxygen atoms in total. The fourth-order valence-electron chi connectivity index (χ4n) is 1.74. The molecule has 0 aliphatic carbocycles. The van der Waals surface area contributed by atoms with Gasteiger partial charge in [0.15, 0.2) is 0 Å². The van der Waals surface area contributed by atoms with Gasteiger partial charge in [-0.05, 0) is 43.2 Å². The van der Waals surface area contributed by atoms with Crippen molar-refractivity contribution in [1.29, 1.82) is 0 Å². The molecule has 0 bridgehead atoms. The summed E-state index contributed by atoms with van der Waals surface area (Å²) in [7, 11) is 0. The average Bonchev–Trinajstić information content (AvgIpc) is 2.42. The van der Waals surface area contributed by atoms with Gasteiger partial charge in [-0.2, -0.15) is 0 Å². The van der Waals surface area contributed by atoms with Crippen LogP contribution in [-0.2, 0) is 0 Å². The third-order valence-electron chi connectivity index (χ3n) is 3.06. The molecule has 20 heavy (non-hydrogen) atoms. The minimum Gasteiger partial charge on any atom is -0.398 e. The number of nitrogens with two attached hydrogens (primary N) is 1. The average molecular weight is 309 g/mol. The van der Waals surface area contributed by atoms with Crippen LogP contribution in [0.25, 0.3) is 0 Å². The summed E-state index contributed by atoms with van der Waals surface area (Å²) < 4.78 is 0. The summed E-state index contributed by atoms with van der Waals surface area (Å²) in [5.41, 5.74) is 9.01. The normalized spacial score (nSPS) is 10.4. The Hall–Kier alpha value is -1.71. The second kappa shape index (κ2) is 5.73. The van der Waals surface area contributed by atoms with Crippen LogP contribution < -0.4 is 11.1 Å². The third-order valence-corrected chi connectivity index (χ3v) is 3.87. The maximum Gasteiger partial charge on any atom is 0.255 e. The van der Waals surface area contributed by atoms with Crippen molar-refractivity contribution in [2.75, 3.05) is 11.1 Å². The first-order chi connectivity index (χ1) is 9.40. The number of hydrogen-bond acceptors (Lipinski definition) is 2. The van der Waals surface area contributed by atoms with Crippen molar-refractivity contribution in [2.24, 2.45) is 0 Å². The van der Waals surface area contributed by atoms with Gasteiger partial charge < -0.3 is 11.1 Å². The Bertz CT molecular complexity index is 684. The Labute approximate surface area is 127 Å². The van der Waals surface area contributed by atoms with E-state index in [2.05, 4.69) is 5.32 Å². The van der Waals surface area contributed by atoms with Crippen LogP contribution in [0.2, 0.25) is 10.0 Å². The van der Waals surface area contributed by atoms with Crippen LogP contribution in [0.4, 0.5) is 11.4 Å². The second-order valence-electron chi connectivity index (χ2n) is 4.58. The number of nitrogen functional groups attached to an aromatic ring is 1. The first kappa shape index (κ1) is 14.7. The molecule has 0 radical (unpaired) electrons. The number of anilines is 2. The molecule has 0 saturated heterocycles. The predicted molar refractivity (Wildman–Crippen MR) is 84.7 cm³/mol. The fraction of sp³-hybridized carbons (Fsp3) is 0.133. The highest BCUT2D eigenvalue weighted by Gasteiger charge is 2.13. The molecule has 1 amide bonds. The topological polar surface area (TPSA) is 55.1 Å². The van der Waals surface area contributed by atoms with Crippen molar-refractivity contribution < 1.29 is 4.79 Å². The second-order valence-corrected chi connectivity index (χ2v) is 5.36. The summed E-state index contributed by atoms with van der Waals surface area (Å²) in [6.45, 7) is 3.73. The molecule has 5 heteroatoms. The zero-order valence-electron chi connectivity index (χ0n) is 11.1. The van der Waals surface area contributed by atoms with Crippen LogP contribution in [0.1, 0.15) is 21.5 Å². The zero-order chi connectivity index (χ0) is 14.9. The van der Waals surface area contributed by atoms with Gasteiger partial charge in [0.1, 0.15) is 0 Å². The van der Waals surface area contributed by atoms with Gasteiger partial charge in [-0.3, -0.25) is 4.79 Å². The van der Waals surface area contributed by atoms with Crippen molar-refractivity contribution in [3.05, 3.63) is 57.1 Å². The molecule has 0 aromatic heterocycles. The maximum atomic E-state index is 12.2. The van der Waals surface area contributed by atoms with Gasteiger partial charge in [0, 0.05) is 11.3 Å². The number of carbonyl (C=O) groups excluding carboxylic acids is 1. The number of halogens is 2. The first-order valence-electron chi connectivity index (χ1n) is 6.02. The summed E-state index contributed by atoms with van der Waals surface area (Å²) in [6, 6.07) is 8.62. The molecule has 3 N–H and O–H groups in total. The van der Waals surface area contributed by atoms with Gasteiger partial charge in [-0.1, -0.05) is 35.3 Å². The lowest BCUT2D eigenvalue weighted by molar-refractivity contribution is 0.102. The van der Waals surface area contributed by atoms with Crippen LogP contribution in [-0.4, -0.2) is 5.91 Å². The number of benzene rings is 2. The van der Waals surface area contributed by atoms with Crippen LogP contribution in [0.3, 0.4) is 0 Å². The van der Waals surface area contributed by atoms with E-state index in [1.807, 2.05) is 13.8 Å². The molecular formula is C15H14Cl2N2O. The molecule has 0 fully saturated rings. The Kier molecular flexibility index (Phi) is 4.21. The molecule has 2 rings (SSSR count). The number of rotatable bonds is 2. The number of nitrogens with one attached hydrogen (secondary N) is 1. The van der Waals surface area contributed by atoms with Crippen molar-refractivity contribution in [3.8, 4) is 0 Å². The quantitative estimate of drug-likeness (QED) is 0.806. The molecule has 0 aliphatic heterocycles. The van der Waals surface area contributed by atoms with E-state index in [0.29, 0.717) is 27.0 Å². The van der Waals surface area contributed by atoms with Gasteiger partial charge in [-0.15, -0.1) is 0 Å². The van der Waals surface area contributed by atoms with E-state index in [1.165, 1.54) is 0 Å². The third kappa shape index (κ3) is 2.89. The number of hydrogen-bond donors (Lipinski definition) is 2. The number of aryl methyl sites for hydroxylation is 2. The van der Waals surface area contributed by atoms with E-state index in [4.69, 9.17) is 28.9 Å². The van der Waals surface area contributed by atoms with Crippen LogP contribution >= 0.6 is 23.2 Å².